The fraction of sp³-hybridized carbons (Fsp3) is 0.615. The molecular weight excluding hydrogens is 276 g/mol. The zero-order chi connectivity index (χ0) is 14.8. The van der Waals surface area contributed by atoms with Gasteiger partial charge in [-0.3, -0.25) is 4.90 Å². The lowest BCUT2D eigenvalue weighted by Gasteiger charge is -2.32. The third kappa shape index (κ3) is 2.84. The van der Waals surface area contributed by atoms with Crippen LogP contribution in [0.4, 0.5) is 4.79 Å². The number of amides is 1. The van der Waals surface area contributed by atoms with E-state index in [2.05, 4.69) is 10.3 Å². The van der Waals surface area contributed by atoms with Gasteiger partial charge in [0.1, 0.15) is 23.9 Å². The van der Waals surface area contributed by atoms with Crippen LogP contribution in [0.5, 0.6) is 0 Å². The van der Waals surface area contributed by atoms with Crippen molar-refractivity contribution in [2.75, 3.05) is 13.2 Å². The maximum Gasteiger partial charge on any atom is 0.415 e. The summed E-state index contributed by atoms with van der Waals surface area (Å²) in [4.78, 5) is 17.5. The van der Waals surface area contributed by atoms with E-state index in [0.29, 0.717) is 37.5 Å². The molecule has 1 saturated heterocycles. The molecule has 3 heterocycles. The SMILES string of the molecule is N#CCCC1CN(C2=CCC3OCC(O)N=C3N2)C(=O)O1. The molecule has 8 heteroatoms. The van der Waals surface area contributed by atoms with Crippen LogP contribution in [-0.4, -0.2) is 53.5 Å². The van der Waals surface area contributed by atoms with Gasteiger partial charge in [-0.15, -0.1) is 0 Å². The Hall–Kier alpha value is -2.11. The second-order valence-electron chi connectivity index (χ2n) is 5.08. The molecule has 3 rings (SSSR count). The zero-order valence-electron chi connectivity index (χ0n) is 11.4. The molecule has 112 valence electrons. The number of nitrogens with one attached hydrogen (secondary N) is 1. The molecule has 0 spiro atoms. The third-order valence-electron chi connectivity index (χ3n) is 3.56. The molecule has 1 fully saturated rings. The van der Waals surface area contributed by atoms with Gasteiger partial charge in [0.25, 0.3) is 0 Å². The van der Waals surface area contributed by atoms with Crippen molar-refractivity contribution >= 4 is 11.9 Å². The highest BCUT2D eigenvalue weighted by atomic mass is 16.6. The Balaban J connectivity index is 1.68. The number of rotatable bonds is 3. The number of aliphatic hydroxyl groups excluding tert-OH is 1. The smallest absolute Gasteiger partial charge is 0.415 e. The highest BCUT2D eigenvalue weighted by Crippen LogP contribution is 2.23. The average Bonchev–Trinajstić information content (AvgIpc) is 2.85. The number of aliphatic imine (C=N–C) groups is 1. The van der Waals surface area contributed by atoms with E-state index in [1.54, 1.807) is 0 Å². The molecule has 0 aliphatic carbocycles. The lowest BCUT2D eigenvalue weighted by Crippen LogP contribution is -2.48. The number of hydrogen-bond donors (Lipinski definition) is 2. The fourth-order valence-corrected chi connectivity index (χ4v) is 2.53. The molecule has 1 amide bonds. The van der Waals surface area contributed by atoms with Crippen molar-refractivity contribution in [1.82, 2.24) is 10.2 Å². The van der Waals surface area contributed by atoms with Gasteiger partial charge in [-0.1, -0.05) is 0 Å². The topological polar surface area (TPSA) is 107 Å². The molecule has 0 bridgehead atoms. The Labute approximate surface area is 121 Å². The van der Waals surface area contributed by atoms with Gasteiger partial charge in [0.2, 0.25) is 0 Å². The van der Waals surface area contributed by atoms with Gasteiger partial charge < -0.3 is 19.9 Å². The minimum absolute atomic E-state index is 0.182. The maximum atomic E-state index is 11.9. The molecule has 0 aromatic heterocycles. The molecule has 0 radical (unpaired) electrons. The molecule has 0 aromatic rings. The first kappa shape index (κ1) is 13.9. The summed E-state index contributed by atoms with van der Waals surface area (Å²) in [5.41, 5.74) is 0. The Morgan fingerprint density at radius 1 is 1.62 bits per heavy atom. The molecule has 0 aromatic carbocycles. The van der Waals surface area contributed by atoms with Crippen molar-refractivity contribution in [3.63, 3.8) is 0 Å². The van der Waals surface area contributed by atoms with E-state index < -0.39 is 12.3 Å². The standard InChI is InChI=1S/C13H16N4O4/c14-5-1-2-8-6-17(13(19)21-8)10-4-3-9-12(15-10)16-11(18)7-20-9/h4,8-9,11,18H,1-3,6-7H2,(H,15,16). The minimum atomic E-state index is -0.878. The largest absolute Gasteiger partial charge is 0.444 e. The van der Waals surface area contributed by atoms with Crippen LogP contribution in [0.25, 0.3) is 0 Å². The van der Waals surface area contributed by atoms with Crippen LogP contribution in [0.3, 0.4) is 0 Å². The van der Waals surface area contributed by atoms with Crippen molar-refractivity contribution < 1.29 is 19.4 Å². The number of amidine groups is 1. The first-order chi connectivity index (χ1) is 10.2. The summed E-state index contributed by atoms with van der Waals surface area (Å²) in [7, 11) is 0. The summed E-state index contributed by atoms with van der Waals surface area (Å²) in [6, 6.07) is 2.04. The lowest BCUT2D eigenvalue weighted by atomic mass is 10.1. The molecule has 3 aliphatic rings. The zero-order valence-corrected chi connectivity index (χ0v) is 11.4. The summed E-state index contributed by atoms with van der Waals surface area (Å²) in [5, 5.41) is 21.1. The van der Waals surface area contributed by atoms with E-state index in [9.17, 15) is 9.90 Å². The highest BCUT2D eigenvalue weighted by molar-refractivity contribution is 5.90. The normalized spacial score (nSPS) is 31.5. The van der Waals surface area contributed by atoms with Crippen LogP contribution in [0.2, 0.25) is 0 Å². The van der Waals surface area contributed by atoms with Gasteiger partial charge in [0.05, 0.1) is 19.2 Å². The summed E-state index contributed by atoms with van der Waals surface area (Å²) < 4.78 is 10.7. The Morgan fingerprint density at radius 2 is 2.48 bits per heavy atom. The number of carbonyl (C=O) groups excluding carboxylic acids is 1. The van der Waals surface area contributed by atoms with Crippen LogP contribution in [0.15, 0.2) is 16.9 Å². The number of carbonyl (C=O) groups is 1. The summed E-state index contributed by atoms with van der Waals surface area (Å²) in [6.07, 6.45) is 1.53. The second-order valence-corrected chi connectivity index (χ2v) is 5.08. The number of nitriles is 1. The molecular formula is C13H16N4O4. The van der Waals surface area contributed by atoms with Crippen LogP contribution in [0, 0.1) is 11.3 Å². The number of aliphatic hydroxyl groups is 1. The van der Waals surface area contributed by atoms with Gasteiger partial charge in [-0.25, -0.2) is 9.79 Å². The van der Waals surface area contributed by atoms with Gasteiger partial charge in [0.15, 0.2) is 6.23 Å². The van der Waals surface area contributed by atoms with E-state index in [1.807, 2.05) is 12.1 Å². The second kappa shape index (κ2) is 5.71. The van der Waals surface area contributed by atoms with E-state index in [0.717, 1.165) is 0 Å². The van der Waals surface area contributed by atoms with Gasteiger partial charge >= 0.3 is 6.09 Å². The minimum Gasteiger partial charge on any atom is -0.444 e. The lowest BCUT2D eigenvalue weighted by molar-refractivity contribution is 0.00441. The van der Waals surface area contributed by atoms with E-state index in [4.69, 9.17) is 14.7 Å². The maximum absolute atomic E-state index is 11.9. The summed E-state index contributed by atoms with van der Waals surface area (Å²) in [6.45, 7) is 0.585. The summed E-state index contributed by atoms with van der Waals surface area (Å²) >= 11 is 0. The molecule has 8 nitrogen and oxygen atoms in total. The van der Waals surface area contributed by atoms with Crippen molar-refractivity contribution in [3.05, 3.63) is 11.9 Å². The van der Waals surface area contributed by atoms with Gasteiger partial charge in [-0.2, -0.15) is 5.26 Å². The van der Waals surface area contributed by atoms with Crippen molar-refractivity contribution in [1.29, 1.82) is 5.26 Å². The van der Waals surface area contributed by atoms with Crippen molar-refractivity contribution in [3.8, 4) is 6.07 Å². The van der Waals surface area contributed by atoms with Crippen LogP contribution in [-0.2, 0) is 9.47 Å². The molecule has 3 aliphatic heterocycles. The van der Waals surface area contributed by atoms with Crippen LogP contribution in [0.1, 0.15) is 19.3 Å². The van der Waals surface area contributed by atoms with Crippen LogP contribution >= 0.6 is 0 Å². The van der Waals surface area contributed by atoms with E-state index in [-0.39, 0.29) is 18.8 Å². The third-order valence-corrected chi connectivity index (χ3v) is 3.56. The Kier molecular flexibility index (Phi) is 3.77. The van der Waals surface area contributed by atoms with E-state index >= 15 is 0 Å². The Morgan fingerprint density at radius 3 is 3.29 bits per heavy atom. The first-order valence-electron chi connectivity index (χ1n) is 6.87. The predicted molar refractivity (Wildman–Crippen MR) is 70.8 cm³/mol. The molecule has 2 N–H and O–H groups in total. The number of ether oxygens (including phenoxy) is 2. The van der Waals surface area contributed by atoms with Gasteiger partial charge in [-0.05, 0) is 12.5 Å². The molecule has 3 unspecified atom stereocenters. The first-order valence-corrected chi connectivity index (χ1v) is 6.87. The highest BCUT2D eigenvalue weighted by Gasteiger charge is 2.36. The van der Waals surface area contributed by atoms with Crippen molar-refractivity contribution in [2.24, 2.45) is 4.99 Å². The van der Waals surface area contributed by atoms with E-state index in [1.165, 1.54) is 4.90 Å². The summed E-state index contributed by atoms with van der Waals surface area (Å²) in [5.74, 6) is 1.12. The average molecular weight is 292 g/mol. The molecule has 21 heavy (non-hydrogen) atoms. The van der Waals surface area contributed by atoms with Crippen molar-refractivity contribution in [2.45, 2.75) is 37.7 Å². The molecule has 0 saturated carbocycles. The quantitative estimate of drug-likeness (QED) is 0.761. The predicted octanol–water partition coefficient (Wildman–Crippen LogP) is 0.0614. The van der Waals surface area contributed by atoms with Gasteiger partial charge in [0, 0.05) is 12.8 Å². The van der Waals surface area contributed by atoms with Crippen LogP contribution < -0.4 is 5.32 Å². The number of fused-ring (bicyclic) bond motifs is 1. The monoisotopic (exact) mass is 292 g/mol. The number of hydrogen-bond acceptors (Lipinski definition) is 7. The fourth-order valence-electron chi connectivity index (χ4n) is 2.53. The number of cyclic esters (lactones) is 1. The molecule has 3 atom stereocenters. The Bertz CT molecular complexity index is 539. The number of nitrogens with zero attached hydrogens (tertiary/aromatic N) is 3.